The largest absolute Gasteiger partial charge is 0.476 e. The maximum Gasteiger partial charge on any atom is 0.357 e. The fourth-order valence-corrected chi connectivity index (χ4v) is 5.21. The summed E-state index contributed by atoms with van der Waals surface area (Å²) < 4.78 is 23.8. The number of aromatic nitrogens is 7. The number of piperazine rings is 1. The Morgan fingerprint density at radius 3 is 2.73 bits per heavy atom. The van der Waals surface area contributed by atoms with Crippen molar-refractivity contribution in [2.75, 3.05) is 31.1 Å². The summed E-state index contributed by atoms with van der Waals surface area (Å²) in [4.78, 5) is 29.7. The molecular weight excluding hydrogens is 567 g/mol. The van der Waals surface area contributed by atoms with Crippen LogP contribution in [0.5, 0.6) is 5.88 Å². The molecular formula is C30H29FN10O3. The first-order valence-electron chi connectivity index (χ1n) is 14.1. The lowest BCUT2D eigenvalue weighted by Crippen LogP contribution is -2.46. The van der Waals surface area contributed by atoms with Crippen LogP contribution >= 0.6 is 0 Å². The summed E-state index contributed by atoms with van der Waals surface area (Å²) in [6, 6.07) is 11.7. The molecule has 0 saturated carbocycles. The molecule has 5 aromatic rings. The lowest BCUT2D eigenvalue weighted by molar-refractivity contribution is 0.0688. The third-order valence-electron chi connectivity index (χ3n) is 7.62. The monoisotopic (exact) mass is 596 g/mol. The summed E-state index contributed by atoms with van der Waals surface area (Å²) in [5, 5.41) is 26.3. The minimum absolute atomic E-state index is 0.000494. The number of imidazole rings is 2. The van der Waals surface area contributed by atoms with Crippen molar-refractivity contribution in [3.63, 3.8) is 0 Å². The molecule has 0 atom stereocenters. The second kappa shape index (κ2) is 12.4. The van der Waals surface area contributed by atoms with E-state index in [4.69, 9.17) is 15.0 Å². The molecule has 1 aromatic carbocycles. The molecule has 1 fully saturated rings. The molecule has 0 radical (unpaired) electrons. The predicted octanol–water partition coefficient (Wildman–Crippen LogP) is 2.94. The number of hydrogen-bond acceptors (Lipinski definition) is 10. The topological polar surface area (TPSA) is 151 Å². The fourth-order valence-electron chi connectivity index (χ4n) is 5.21. The summed E-state index contributed by atoms with van der Waals surface area (Å²) in [5.41, 5.74) is 3.10. The number of aryl methyl sites for hydroxylation is 1. The number of halogens is 1. The molecule has 0 unspecified atom stereocenters. The van der Waals surface area contributed by atoms with Crippen LogP contribution in [0.3, 0.4) is 0 Å². The van der Waals surface area contributed by atoms with Gasteiger partial charge in [0.25, 0.3) is 5.78 Å². The van der Waals surface area contributed by atoms with Crippen LogP contribution in [-0.4, -0.2) is 76.3 Å². The number of pyridine rings is 1. The first-order chi connectivity index (χ1) is 21.4. The molecule has 1 aliphatic rings. The van der Waals surface area contributed by atoms with Crippen LogP contribution in [0.25, 0.3) is 5.78 Å². The molecule has 0 spiro atoms. The Labute approximate surface area is 251 Å². The number of nitriles is 1. The maximum absolute atomic E-state index is 14.3. The van der Waals surface area contributed by atoms with Crippen molar-refractivity contribution in [3.8, 4) is 11.9 Å². The zero-order valence-corrected chi connectivity index (χ0v) is 24.0. The van der Waals surface area contributed by atoms with Gasteiger partial charge in [-0.2, -0.15) is 10.2 Å². The number of fused-ring (bicyclic) bond motifs is 1. The molecule has 4 aromatic heterocycles. The van der Waals surface area contributed by atoms with Gasteiger partial charge < -0.3 is 19.3 Å². The molecule has 5 heterocycles. The van der Waals surface area contributed by atoms with Gasteiger partial charge in [0, 0.05) is 75.4 Å². The lowest BCUT2D eigenvalue weighted by atomic mass is 10.1. The second-order valence-corrected chi connectivity index (χ2v) is 10.3. The van der Waals surface area contributed by atoms with Gasteiger partial charge in [0.2, 0.25) is 5.88 Å². The second-order valence-electron chi connectivity index (χ2n) is 10.3. The highest BCUT2D eigenvalue weighted by Gasteiger charge is 2.23. The van der Waals surface area contributed by atoms with Gasteiger partial charge in [0.15, 0.2) is 5.69 Å². The van der Waals surface area contributed by atoms with Gasteiger partial charge in [-0.25, -0.2) is 19.2 Å². The molecule has 6 rings (SSSR count). The molecule has 44 heavy (non-hydrogen) atoms. The van der Waals surface area contributed by atoms with Crippen LogP contribution < -0.4 is 9.64 Å². The van der Waals surface area contributed by atoms with E-state index in [9.17, 15) is 14.3 Å². The zero-order valence-electron chi connectivity index (χ0n) is 24.0. The number of anilines is 1. The van der Waals surface area contributed by atoms with Gasteiger partial charge in [-0.3, -0.25) is 9.30 Å². The van der Waals surface area contributed by atoms with Crippen LogP contribution in [0.4, 0.5) is 10.2 Å². The number of carboxylic acids is 1. The highest BCUT2D eigenvalue weighted by molar-refractivity contribution is 5.84. The fraction of sp³-hybridized carbons (Fsp3) is 0.300. The van der Waals surface area contributed by atoms with Gasteiger partial charge >= 0.3 is 5.97 Å². The van der Waals surface area contributed by atoms with E-state index in [1.54, 1.807) is 28.9 Å². The van der Waals surface area contributed by atoms with Crippen molar-refractivity contribution < 1.29 is 19.0 Å². The first-order valence-corrected chi connectivity index (χ1v) is 14.1. The predicted molar refractivity (Wildman–Crippen MR) is 156 cm³/mol. The summed E-state index contributed by atoms with van der Waals surface area (Å²) >= 11 is 0. The Kier molecular flexibility index (Phi) is 8.11. The summed E-state index contributed by atoms with van der Waals surface area (Å²) in [7, 11) is 0. The molecule has 1 aliphatic heterocycles. The van der Waals surface area contributed by atoms with E-state index in [0.717, 1.165) is 55.6 Å². The van der Waals surface area contributed by atoms with E-state index in [2.05, 4.69) is 30.0 Å². The van der Waals surface area contributed by atoms with Crippen LogP contribution in [-0.2, 0) is 26.1 Å². The van der Waals surface area contributed by atoms with Gasteiger partial charge in [-0.1, -0.05) is 12.1 Å². The Bertz CT molecular complexity index is 1860. The molecule has 0 amide bonds. The Morgan fingerprint density at radius 2 is 1.98 bits per heavy atom. The van der Waals surface area contributed by atoms with Crippen molar-refractivity contribution in [1.82, 2.24) is 39.0 Å². The summed E-state index contributed by atoms with van der Waals surface area (Å²) in [5.74, 6) is -0.144. The number of nitrogens with zero attached hydrogens (tertiary/aromatic N) is 10. The molecule has 1 saturated heterocycles. The zero-order chi connectivity index (χ0) is 30.6. The maximum atomic E-state index is 14.3. The SMILES string of the molecule is CCn1cncc1Cc1c(CN2CCN(c3cccc(OCc4ccc(C#N)cc4F)n3)CC2)nc2nnc(C(=O)O)cn12. The van der Waals surface area contributed by atoms with Gasteiger partial charge in [0.1, 0.15) is 18.2 Å². The molecule has 0 bridgehead atoms. The number of hydrogen-bond donors (Lipinski definition) is 1. The quantitative estimate of drug-likeness (QED) is 0.253. The smallest absolute Gasteiger partial charge is 0.357 e. The third-order valence-corrected chi connectivity index (χ3v) is 7.62. The minimum Gasteiger partial charge on any atom is -0.476 e. The van der Waals surface area contributed by atoms with Crippen LogP contribution in [0, 0.1) is 17.1 Å². The standard InChI is InChI=1S/C30H29FN10O3/c1-2-39-19-33-15-22(39)13-26-24(34-30-37-36-25(29(42)43)17-41(26)30)16-38-8-10-40(11-9-38)27-4-3-5-28(35-27)44-18-21-7-6-20(14-32)12-23(21)31/h3-7,12,15,17,19H,2,8-11,13,16,18H2,1H3,(H,42,43). The Morgan fingerprint density at radius 1 is 1.14 bits per heavy atom. The first kappa shape index (κ1) is 28.7. The van der Waals surface area contributed by atoms with Crippen LogP contribution in [0.2, 0.25) is 0 Å². The van der Waals surface area contributed by atoms with E-state index in [-0.39, 0.29) is 17.9 Å². The molecule has 0 aliphatic carbocycles. The number of aromatic carboxylic acids is 1. The Balaban J connectivity index is 1.14. The molecule has 224 valence electrons. The van der Waals surface area contributed by atoms with Crippen molar-refractivity contribution in [2.24, 2.45) is 0 Å². The van der Waals surface area contributed by atoms with Crippen molar-refractivity contribution >= 4 is 17.6 Å². The minimum atomic E-state index is -1.15. The lowest BCUT2D eigenvalue weighted by Gasteiger charge is -2.35. The number of carboxylic acid groups (broad SMARTS) is 1. The van der Waals surface area contributed by atoms with Crippen LogP contribution in [0.15, 0.2) is 55.1 Å². The molecule has 13 nitrogen and oxygen atoms in total. The van der Waals surface area contributed by atoms with E-state index in [1.165, 1.54) is 12.3 Å². The van der Waals surface area contributed by atoms with Crippen LogP contribution in [0.1, 0.15) is 45.6 Å². The van der Waals surface area contributed by atoms with E-state index >= 15 is 0 Å². The third kappa shape index (κ3) is 6.04. The van der Waals surface area contributed by atoms with E-state index in [0.29, 0.717) is 30.2 Å². The van der Waals surface area contributed by atoms with Crippen molar-refractivity contribution in [2.45, 2.75) is 33.0 Å². The Hall–Kier alpha value is -5.42. The van der Waals surface area contributed by atoms with Gasteiger partial charge in [-0.05, 0) is 25.1 Å². The normalized spacial score (nSPS) is 13.7. The van der Waals surface area contributed by atoms with E-state index < -0.39 is 11.8 Å². The van der Waals surface area contributed by atoms with E-state index in [1.807, 2.05) is 35.9 Å². The van der Waals surface area contributed by atoms with Crippen molar-refractivity contribution in [1.29, 1.82) is 5.26 Å². The average Bonchev–Trinajstić information content (AvgIpc) is 3.64. The summed E-state index contributed by atoms with van der Waals surface area (Å²) in [6.45, 7) is 6.29. The van der Waals surface area contributed by atoms with Gasteiger partial charge in [0.05, 0.1) is 29.3 Å². The number of benzene rings is 1. The number of rotatable bonds is 10. The summed E-state index contributed by atoms with van der Waals surface area (Å²) in [6.07, 6.45) is 5.57. The molecule has 1 N–H and O–H groups in total. The highest BCUT2D eigenvalue weighted by atomic mass is 19.1. The highest BCUT2D eigenvalue weighted by Crippen LogP contribution is 2.22. The average molecular weight is 597 g/mol. The molecule has 14 heteroatoms. The number of carbonyl (C=O) groups is 1. The van der Waals surface area contributed by atoms with Gasteiger partial charge in [-0.15, -0.1) is 10.2 Å². The van der Waals surface area contributed by atoms with Crippen molar-refractivity contribution in [3.05, 3.63) is 94.8 Å². The number of ether oxygens (including phenoxy) is 1.